The van der Waals surface area contributed by atoms with Crippen molar-refractivity contribution in [1.29, 1.82) is 0 Å². The van der Waals surface area contributed by atoms with Crippen molar-refractivity contribution in [3.05, 3.63) is 35.6 Å². The second-order valence-corrected chi connectivity index (χ2v) is 5.01. The van der Waals surface area contributed by atoms with Gasteiger partial charge in [-0.3, -0.25) is 4.79 Å². The Morgan fingerprint density at radius 2 is 2.11 bits per heavy atom. The zero-order chi connectivity index (χ0) is 14.5. The number of amides is 1. The lowest BCUT2D eigenvalue weighted by Crippen LogP contribution is -2.47. The number of likely N-dealkylation sites (tertiary alicyclic amines) is 1. The predicted molar refractivity (Wildman–Crippen MR) is 75.7 cm³/mol. The normalized spacial score (nSPS) is 22.6. The SMILES string of the molecule is CC.CN1CCC(C)(NC(=O)c2cccc(F)c2)C1. The zero-order valence-electron chi connectivity index (χ0n) is 12.2. The average molecular weight is 266 g/mol. The van der Waals surface area contributed by atoms with Crippen LogP contribution in [0, 0.1) is 5.82 Å². The predicted octanol–water partition coefficient (Wildman–Crippen LogP) is 2.68. The van der Waals surface area contributed by atoms with Gasteiger partial charge in [-0.2, -0.15) is 0 Å². The quantitative estimate of drug-likeness (QED) is 0.892. The minimum Gasteiger partial charge on any atom is -0.346 e. The van der Waals surface area contributed by atoms with Gasteiger partial charge in [-0.05, 0) is 38.6 Å². The molecule has 0 bridgehead atoms. The average Bonchev–Trinajstić information content (AvgIpc) is 2.71. The molecule has 1 aliphatic heterocycles. The van der Waals surface area contributed by atoms with Crippen molar-refractivity contribution in [2.75, 3.05) is 20.1 Å². The maximum atomic E-state index is 13.0. The summed E-state index contributed by atoms with van der Waals surface area (Å²) in [6, 6.07) is 5.77. The molecule has 0 spiro atoms. The summed E-state index contributed by atoms with van der Waals surface area (Å²) in [5.74, 6) is -0.589. The third-order valence-electron chi connectivity index (χ3n) is 3.17. The minimum atomic E-state index is -0.383. The number of likely N-dealkylation sites (N-methyl/N-ethyl adjacent to an activating group) is 1. The number of carbonyl (C=O) groups is 1. The van der Waals surface area contributed by atoms with E-state index in [-0.39, 0.29) is 17.3 Å². The second kappa shape index (κ2) is 6.66. The molecule has 0 saturated carbocycles. The summed E-state index contributed by atoms with van der Waals surface area (Å²) >= 11 is 0. The molecule has 1 heterocycles. The highest BCUT2D eigenvalue weighted by molar-refractivity contribution is 5.94. The molecule has 1 N–H and O–H groups in total. The molecule has 0 aliphatic carbocycles. The summed E-state index contributed by atoms with van der Waals surface area (Å²) in [6.45, 7) is 7.82. The van der Waals surface area contributed by atoms with Gasteiger partial charge in [0.05, 0.1) is 5.54 Å². The molecular formula is C15H23FN2O. The smallest absolute Gasteiger partial charge is 0.251 e. The largest absolute Gasteiger partial charge is 0.346 e. The van der Waals surface area contributed by atoms with E-state index in [1.165, 1.54) is 12.1 Å². The van der Waals surface area contributed by atoms with Gasteiger partial charge in [-0.1, -0.05) is 19.9 Å². The summed E-state index contributed by atoms with van der Waals surface area (Å²) in [4.78, 5) is 14.1. The Bertz CT molecular complexity index is 436. The standard InChI is InChI=1S/C13H17FN2O.C2H6/c1-13(6-7-16(2)9-13)15-12(17)10-4-3-5-11(14)8-10;1-2/h3-5,8H,6-7,9H2,1-2H3,(H,15,17);1-2H3. The Morgan fingerprint density at radius 1 is 1.42 bits per heavy atom. The van der Waals surface area contributed by atoms with Gasteiger partial charge in [0.2, 0.25) is 0 Å². The molecule has 4 heteroatoms. The van der Waals surface area contributed by atoms with Gasteiger partial charge < -0.3 is 10.2 Å². The lowest BCUT2D eigenvalue weighted by atomic mass is 10.0. The van der Waals surface area contributed by atoms with Gasteiger partial charge in [0.15, 0.2) is 0 Å². The molecule has 0 radical (unpaired) electrons. The fourth-order valence-corrected chi connectivity index (χ4v) is 2.27. The van der Waals surface area contributed by atoms with Crippen LogP contribution >= 0.6 is 0 Å². The van der Waals surface area contributed by atoms with Crippen molar-refractivity contribution in [1.82, 2.24) is 10.2 Å². The van der Waals surface area contributed by atoms with Crippen LogP contribution in [0.1, 0.15) is 37.6 Å². The molecule has 0 aromatic heterocycles. The van der Waals surface area contributed by atoms with E-state index in [2.05, 4.69) is 10.2 Å². The zero-order valence-corrected chi connectivity index (χ0v) is 12.2. The van der Waals surface area contributed by atoms with Crippen molar-refractivity contribution >= 4 is 5.91 Å². The molecule has 1 amide bonds. The maximum Gasteiger partial charge on any atom is 0.251 e. The number of hydrogen-bond donors (Lipinski definition) is 1. The highest BCUT2D eigenvalue weighted by Crippen LogP contribution is 2.19. The number of hydrogen-bond acceptors (Lipinski definition) is 2. The van der Waals surface area contributed by atoms with E-state index >= 15 is 0 Å². The molecule has 3 nitrogen and oxygen atoms in total. The number of rotatable bonds is 2. The highest BCUT2D eigenvalue weighted by atomic mass is 19.1. The molecule has 106 valence electrons. The van der Waals surface area contributed by atoms with Crippen LogP contribution in [0.25, 0.3) is 0 Å². The summed E-state index contributed by atoms with van der Waals surface area (Å²) < 4.78 is 13.0. The van der Waals surface area contributed by atoms with E-state index in [1.54, 1.807) is 12.1 Å². The molecule has 1 fully saturated rings. The van der Waals surface area contributed by atoms with Crippen molar-refractivity contribution < 1.29 is 9.18 Å². The van der Waals surface area contributed by atoms with Crippen LogP contribution in [0.15, 0.2) is 24.3 Å². The number of benzene rings is 1. The fourth-order valence-electron chi connectivity index (χ4n) is 2.27. The summed E-state index contributed by atoms with van der Waals surface area (Å²) in [5, 5.41) is 2.98. The first-order valence-electron chi connectivity index (χ1n) is 6.75. The lowest BCUT2D eigenvalue weighted by molar-refractivity contribution is 0.0909. The van der Waals surface area contributed by atoms with Crippen LogP contribution in [0.3, 0.4) is 0 Å². The van der Waals surface area contributed by atoms with Crippen LogP contribution in [0.2, 0.25) is 0 Å². The number of nitrogens with zero attached hydrogens (tertiary/aromatic N) is 1. The van der Waals surface area contributed by atoms with Gasteiger partial charge in [-0.15, -0.1) is 0 Å². The van der Waals surface area contributed by atoms with Crippen molar-refractivity contribution in [3.63, 3.8) is 0 Å². The molecule has 1 aliphatic rings. The van der Waals surface area contributed by atoms with Gasteiger partial charge in [0.1, 0.15) is 5.82 Å². The van der Waals surface area contributed by atoms with E-state index in [4.69, 9.17) is 0 Å². The van der Waals surface area contributed by atoms with E-state index in [9.17, 15) is 9.18 Å². The molecule has 1 aromatic carbocycles. The Morgan fingerprint density at radius 3 is 2.63 bits per heavy atom. The Balaban J connectivity index is 0.000000861. The second-order valence-electron chi connectivity index (χ2n) is 5.01. The summed E-state index contributed by atoms with van der Waals surface area (Å²) in [5.41, 5.74) is 0.166. The topological polar surface area (TPSA) is 32.3 Å². The first-order chi connectivity index (χ1) is 8.98. The highest BCUT2D eigenvalue weighted by Gasteiger charge is 2.33. The van der Waals surface area contributed by atoms with Gasteiger partial charge in [0.25, 0.3) is 5.91 Å². The minimum absolute atomic E-state index is 0.206. The van der Waals surface area contributed by atoms with E-state index in [0.717, 1.165) is 19.5 Å². The van der Waals surface area contributed by atoms with Gasteiger partial charge in [0, 0.05) is 18.7 Å². The van der Waals surface area contributed by atoms with Gasteiger partial charge in [-0.25, -0.2) is 4.39 Å². The fraction of sp³-hybridized carbons (Fsp3) is 0.533. The molecule has 2 rings (SSSR count). The van der Waals surface area contributed by atoms with Gasteiger partial charge >= 0.3 is 0 Å². The summed E-state index contributed by atoms with van der Waals surface area (Å²) in [6.07, 6.45) is 0.921. The number of nitrogens with one attached hydrogen (secondary N) is 1. The van der Waals surface area contributed by atoms with Crippen LogP contribution < -0.4 is 5.32 Å². The van der Waals surface area contributed by atoms with Crippen LogP contribution in [-0.2, 0) is 0 Å². The van der Waals surface area contributed by atoms with E-state index in [1.807, 2.05) is 27.8 Å². The Hall–Kier alpha value is -1.42. The monoisotopic (exact) mass is 266 g/mol. The Kier molecular flexibility index (Phi) is 5.48. The molecule has 1 atom stereocenters. The van der Waals surface area contributed by atoms with Crippen molar-refractivity contribution in [2.45, 2.75) is 32.7 Å². The first-order valence-corrected chi connectivity index (χ1v) is 6.75. The van der Waals surface area contributed by atoms with Crippen LogP contribution in [0.4, 0.5) is 4.39 Å². The summed E-state index contributed by atoms with van der Waals surface area (Å²) in [7, 11) is 2.03. The Labute approximate surface area is 114 Å². The molecule has 1 saturated heterocycles. The third kappa shape index (κ3) is 4.31. The maximum absolute atomic E-state index is 13.0. The molecule has 1 aromatic rings. The van der Waals surface area contributed by atoms with Crippen molar-refractivity contribution in [3.8, 4) is 0 Å². The first kappa shape index (κ1) is 15.6. The molecule has 1 unspecified atom stereocenters. The molecule has 19 heavy (non-hydrogen) atoms. The van der Waals surface area contributed by atoms with Crippen molar-refractivity contribution in [2.24, 2.45) is 0 Å². The van der Waals surface area contributed by atoms with Crippen LogP contribution in [0.5, 0.6) is 0 Å². The third-order valence-corrected chi connectivity index (χ3v) is 3.17. The number of halogens is 1. The van der Waals surface area contributed by atoms with E-state index in [0.29, 0.717) is 5.56 Å². The number of carbonyl (C=O) groups excluding carboxylic acids is 1. The molecular weight excluding hydrogens is 243 g/mol. The van der Waals surface area contributed by atoms with E-state index < -0.39 is 0 Å². The van der Waals surface area contributed by atoms with Crippen LogP contribution in [-0.4, -0.2) is 36.5 Å². The lowest BCUT2D eigenvalue weighted by Gasteiger charge is -2.25.